The Balaban J connectivity index is 1.85. The van der Waals surface area contributed by atoms with Gasteiger partial charge in [0.1, 0.15) is 6.04 Å². The molecule has 0 aliphatic carbocycles. The summed E-state index contributed by atoms with van der Waals surface area (Å²) in [6.45, 7) is 8.79. The minimum absolute atomic E-state index is 0.550. The van der Waals surface area contributed by atoms with Crippen LogP contribution < -0.4 is 9.47 Å². The van der Waals surface area contributed by atoms with Gasteiger partial charge in [-0.1, -0.05) is 43.9 Å². The van der Waals surface area contributed by atoms with Gasteiger partial charge in [-0.05, 0) is 12.1 Å². The van der Waals surface area contributed by atoms with Crippen molar-refractivity contribution in [3.8, 4) is 0 Å². The molecule has 0 spiro atoms. The molecule has 22 heavy (non-hydrogen) atoms. The zero-order valence-corrected chi connectivity index (χ0v) is 14.7. The molecule has 3 heteroatoms. The lowest BCUT2D eigenvalue weighted by atomic mass is 9.98. The molecule has 2 nitrogen and oxygen atoms in total. The first-order valence-corrected chi connectivity index (χ1v) is 12.0. The Morgan fingerprint density at radius 1 is 1.00 bits per heavy atom. The topological polar surface area (TPSA) is 7.12 Å². The highest BCUT2D eigenvalue weighted by Crippen LogP contribution is 2.53. The molecule has 0 saturated carbocycles. The predicted octanol–water partition coefficient (Wildman–Crippen LogP) is 4.19. The second kappa shape index (κ2) is 4.95. The van der Waals surface area contributed by atoms with E-state index in [-0.39, 0.29) is 0 Å². The molecule has 0 radical (unpaired) electrons. The zero-order valence-electron chi connectivity index (χ0n) is 13.7. The number of hydrogen-bond donors (Lipinski definition) is 0. The Labute approximate surface area is 134 Å². The van der Waals surface area contributed by atoms with E-state index in [0.717, 1.165) is 5.54 Å². The first-order valence-electron chi connectivity index (χ1n) is 8.39. The van der Waals surface area contributed by atoms with Gasteiger partial charge >= 0.3 is 0 Å². The van der Waals surface area contributed by atoms with Gasteiger partial charge in [0, 0.05) is 36.3 Å². The Morgan fingerprint density at radius 2 is 1.73 bits per heavy atom. The number of nitrogens with zero attached hydrogens (tertiary/aromatic N) is 2. The molecule has 2 aliphatic heterocycles. The lowest BCUT2D eigenvalue weighted by molar-refractivity contribution is -0.716. The van der Waals surface area contributed by atoms with E-state index < -0.39 is 8.07 Å². The van der Waals surface area contributed by atoms with Gasteiger partial charge in [0.2, 0.25) is 5.69 Å². The lowest BCUT2D eigenvalue weighted by Crippen LogP contribution is -2.48. The van der Waals surface area contributed by atoms with Crippen molar-refractivity contribution >= 4 is 13.8 Å². The van der Waals surface area contributed by atoms with Crippen LogP contribution >= 0.6 is 0 Å². The molecular formula is C19H25N2Si+. The van der Waals surface area contributed by atoms with Crippen molar-refractivity contribution in [2.24, 2.45) is 0 Å². The third-order valence-electron chi connectivity index (χ3n) is 5.43. The number of anilines is 1. The van der Waals surface area contributed by atoms with E-state index >= 15 is 0 Å². The number of hydrogen-bond acceptors (Lipinski definition) is 1. The molecule has 3 atom stereocenters. The minimum atomic E-state index is -1.26. The third kappa shape index (κ3) is 2.03. The first-order chi connectivity index (χ1) is 10.6. The minimum Gasteiger partial charge on any atom is -0.358 e. The van der Waals surface area contributed by atoms with Gasteiger partial charge in [-0.15, -0.1) is 0 Å². The number of aromatic nitrogens is 1. The van der Waals surface area contributed by atoms with Crippen LogP contribution in [0.4, 0.5) is 5.69 Å². The van der Waals surface area contributed by atoms with E-state index in [0.29, 0.717) is 12.1 Å². The van der Waals surface area contributed by atoms with Crippen molar-refractivity contribution in [1.82, 2.24) is 0 Å². The maximum absolute atomic E-state index is 2.66. The normalized spacial score (nSPS) is 26.9. The Morgan fingerprint density at radius 3 is 2.45 bits per heavy atom. The van der Waals surface area contributed by atoms with Crippen molar-refractivity contribution < 1.29 is 4.57 Å². The van der Waals surface area contributed by atoms with Crippen LogP contribution in [0.15, 0.2) is 54.7 Å². The fraction of sp³-hybridized carbons (Fsp3) is 0.421. The Kier molecular flexibility index (Phi) is 3.15. The van der Waals surface area contributed by atoms with Gasteiger partial charge in [-0.2, -0.15) is 4.57 Å². The average Bonchev–Trinajstić information content (AvgIpc) is 2.77. The molecule has 4 rings (SSSR count). The molecule has 0 N–H and O–H groups in total. The van der Waals surface area contributed by atoms with Crippen LogP contribution in [0.5, 0.6) is 0 Å². The summed E-state index contributed by atoms with van der Waals surface area (Å²) in [5, 5.41) is 0. The summed E-state index contributed by atoms with van der Waals surface area (Å²) in [5.74, 6) is 0. The van der Waals surface area contributed by atoms with E-state index in [9.17, 15) is 0 Å². The predicted molar refractivity (Wildman–Crippen MR) is 93.9 cm³/mol. The summed E-state index contributed by atoms with van der Waals surface area (Å²) in [4.78, 5) is 2.66. The lowest BCUT2D eigenvalue weighted by Gasteiger charge is -2.42. The number of para-hydroxylation sites is 1. The van der Waals surface area contributed by atoms with Crippen LogP contribution in [0.1, 0.15) is 24.2 Å². The van der Waals surface area contributed by atoms with E-state index in [1.165, 1.54) is 24.3 Å². The van der Waals surface area contributed by atoms with Gasteiger partial charge in [0.15, 0.2) is 12.2 Å². The summed E-state index contributed by atoms with van der Waals surface area (Å²) in [6.07, 6.45) is 3.57. The van der Waals surface area contributed by atoms with Gasteiger partial charge in [0.05, 0.1) is 8.07 Å². The second-order valence-electron chi connectivity index (χ2n) is 7.75. The number of fused-ring (bicyclic) bond motifs is 5. The first kappa shape index (κ1) is 14.0. The van der Waals surface area contributed by atoms with Crippen LogP contribution in [-0.2, 0) is 0 Å². The summed E-state index contributed by atoms with van der Waals surface area (Å²) in [6, 6.07) is 19.0. The maximum atomic E-state index is 2.66. The molecule has 3 unspecified atom stereocenters. The highest BCUT2D eigenvalue weighted by atomic mass is 28.3. The van der Waals surface area contributed by atoms with Crippen LogP contribution in [0.3, 0.4) is 0 Å². The largest absolute Gasteiger partial charge is 0.358 e. The van der Waals surface area contributed by atoms with Gasteiger partial charge in [0.25, 0.3) is 0 Å². The average molecular weight is 310 g/mol. The van der Waals surface area contributed by atoms with Crippen molar-refractivity contribution in [2.45, 2.75) is 43.7 Å². The fourth-order valence-corrected chi connectivity index (χ4v) is 7.41. The van der Waals surface area contributed by atoms with Gasteiger partial charge in [-0.25, -0.2) is 0 Å². The zero-order chi connectivity index (χ0) is 15.3. The van der Waals surface area contributed by atoms with Crippen LogP contribution in [0.25, 0.3) is 0 Å². The molecule has 2 bridgehead atoms. The monoisotopic (exact) mass is 309 g/mol. The molecule has 1 fully saturated rings. The van der Waals surface area contributed by atoms with Crippen LogP contribution in [-0.4, -0.2) is 14.6 Å². The van der Waals surface area contributed by atoms with Crippen LogP contribution in [0, 0.1) is 0 Å². The molecule has 1 aromatic carbocycles. The standard InChI is InChI=1S/C19H25N2Si/c1-22(2,3)19-17-12-14-20(15-9-5-4-6-10-15)18(19)16-11-7-8-13-21(16)17/h4-11,13,17-19H,12,14H2,1-3H3/q+1. The molecule has 2 aliphatic rings. The van der Waals surface area contributed by atoms with Crippen LogP contribution in [0.2, 0.25) is 25.2 Å². The molecule has 114 valence electrons. The van der Waals surface area contributed by atoms with E-state index in [2.05, 4.69) is 83.8 Å². The summed E-state index contributed by atoms with van der Waals surface area (Å²) in [5.41, 5.74) is 3.69. The number of benzene rings is 1. The smallest absolute Gasteiger partial charge is 0.204 e. The Hall–Kier alpha value is -1.61. The third-order valence-corrected chi connectivity index (χ3v) is 8.13. The maximum Gasteiger partial charge on any atom is 0.204 e. The van der Waals surface area contributed by atoms with E-state index in [4.69, 9.17) is 0 Å². The van der Waals surface area contributed by atoms with Gasteiger partial charge in [-0.3, -0.25) is 0 Å². The highest BCUT2D eigenvalue weighted by Gasteiger charge is 2.57. The number of pyridine rings is 1. The molecule has 0 amide bonds. The SMILES string of the molecule is C[Si](C)(C)C1C2c3cccc[n+]3C1CCN2c1ccccc1. The number of piperidine rings is 1. The van der Waals surface area contributed by atoms with Crippen molar-refractivity contribution in [3.05, 3.63) is 60.4 Å². The summed E-state index contributed by atoms with van der Waals surface area (Å²) in [7, 11) is -1.26. The summed E-state index contributed by atoms with van der Waals surface area (Å²) < 4.78 is 2.58. The molecule has 2 aromatic rings. The molecule has 3 heterocycles. The summed E-state index contributed by atoms with van der Waals surface area (Å²) >= 11 is 0. The quantitative estimate of drug-likeness (QED) is 0.596. The van der Waals surface area contributed by atoms with Crippen molar-refractivity contribution in [1.29, 1.82) is 0 Å². The van der Waals surface area contributed by atoms with Gasteiger partial charge < -0.3 is 4.90 Å². The second-order valence-corrected chi connectivity index (χ2v) is 13.2. The molecule has 1 saturated heterocycles. The fourth-order valence-electron chi connectivity index (χ4n) is 4.63. The van der Waals surface area contributed by atoms with Crippen molar-refractivity contribution in [3.63, 3.8) is 0 Å². The van der Waals surface area contributed by atoms with E-state index in [1.807, 2.05) is 0 Å². The Bertz CT molecular complexity index is 677. The number of rotatable bonds is 2. The van der Waals surface area contributed by atoms with Crippen molar-refractivity contribution in [2.75, 3.05) is 11.4 Å². The highest BCUT2D eigenvalue weighted by molar-refractivity contribution is 6.77. The molecular weight excluding hydrogens is 284 g/mol. The molecule has 1 aromatic heterocycles. The van der Waals surface area contributed by atoms with E-state index in [1.54, 1.807) is 0 Å².